The summed E-state index contributed by atoms with van der Waals surface area (Å²) in [4.78, 5) is 4.47. The fourth-order valence-electron chi connectivity index (χ4n) is 2.19. The predicted molar refractivity (Wildman–Crippen MR) is 77.2 cm³/mol. The Bertz CT molecular complexity index is 539. The second-order valence-corrected chi connectivity index (χ2v) is 4.67. The molecule has 1 atom stereocenters. The summed E-state index contributed by atoms with van der Waals surface area (Å²) in [6.07, 6.45) is 2.56. The minimum atomic E-state index is -0.112. The fourth-order valence-corrected chi connectivity index (χ4v) is 2.19. The third-order valence-corrected chi connectivity index (χ3v) is 3.23. The Balaban J connectivity index is 2.28. The highest BCUT2D eigenvalue weighted by atomic mass is 16.5. The first-order valence-electron chi connectivity index (χ1n) is 6.94. The summed E-state index contributed by atoms with van der Waals surface area (Å²) < 4.78 is 10.8. The third-order valence-electron chi connectivity index (χ3n) is 3.23. The van der Waals surface area contributed by atoms with Gasteiger partial charge in [-0.05, 0) is 31.0 Å². The number of aromatic nitrogens is 2. The fraction of sp³-hybridized carbons (Fsp3) is 0.467. The molecule has 5 heteroatoms. The molecule has 5 nitrogen and oxygen atoms in total. The van der Waals surface area contributed by atoms with Gasteiger partial charge in [-0.3, -0.25) is 0 Å². The zero-order chi connectivity index (χ0) is 14.4. The SMILES string of the molecule is CCCC(OC)c1noc(-c2ccccc2CCN)n1. The van der Waals surface area contributed by atoms with Crippen LogP contribution in [0.4, 0.5) is 0 Å². The van der Waals surface area contributed by atoms with Crippen LogP contribution in [-0.2, 0) is 11.2 Å². The Hall–Kier alpha value is -1.72. The van der Waals surface area contributed by atoms with Gasteiger partial charge in [0.2, 0.25) is 5.82 Å². The molecule has 1 aromatic heterocycles. The minimum Gasteiger partial charge on any atom is -0.373 e. The van der Waals surface area contributed by atoms with Gasteiger partial charge in [0, 0.05) is 12.7 Å². The Morgan fingerprint density at radius 2 is 2.15 bits per heavy atom. The largest absolute Gasteiger partial charge is 0.373 e. The summed E-state index contributed by atoms with van der Waals surface area (Å²) in [5, 5.41) is 4.04. The van der Waals surface area contributed by atoms with Crippen LogP contribution in [0.25, 0.3) is 11.5 Å². The van der Waals surface area contributed by atoms with E-state index in [1.807, 2.05) is 24.3 Å². The van der Waals surface area contributed by atoms with Gasteiger partial charge in [-0.1, -0.05) is 36.7 Å². The molecule has 20 heavy (non-hydrogen) atoms. The monoisotopic (exact) mass is 275 g/mol. The molecule has 0 bridgehead atoms. The Kier molecular flexibility index (Phi) is 5.26. The highest BCUT2D eigenvalue weighted by molar-refractivity contribution is 5.58. The molecule has 1 aromatic carbocycles. The smallest absolute Gasteiger partial charge is 0.258 e. The molecule has 0 radical (unpaired) electrons. The van der Waals surface area contributed by atoms with Gasteiger partial charge in [0.1, 0.15) is 6.10 Å². The van der Waals surface area contributed by atoms with Gasteiger partial charge in [-0.2, -0.15) is 4.98 Å². The van der Waals surface area contributed by atoms with Crippen molar-refractivity contribution >= 4 is 0 Å². The number of nitrogens with zero attached hydrogens (tertiary/aromatic N) is 2. The van der Waals surface area contributed by atoms with Gasteiger partial charge in [-0.15, -0.1) is 0 Å². The van der Waals surface area contributed by atoms with Crippen LogP contribution in [0.2, 0.25) is 0 Å². The van der Waals surface area contributed by atoms with Crippen LogP contribution in [-0.4, -0.2) is 23.8 Å². The molecule has 2 aromatic rings. The first-order chi connectivity index (χ1) is 9.80. The van der Waals surface area contributed by atoms with Crippen LogP contribution >= 0.6 is 0 Å². The lowest BCUT2D eigenvalue weighted by molar-refractivity contribution is 0.0854. The number of rotatable bonds is 7. The topological polar surface area (TPSA) is 74.2 Å². The van der Waals surface area contributed by atoms with E-state index in [9.17, 15) is 0 Å². The molecule has 0 aliphatic rings. The lowest BCUT2D eigenvalue weighted by Crippen LogP contribution is -2.04. The number of ether oxygens (including phenoxy) is 1. The minimum absolute atomic E-state index is 0.112. The second-order valence-electron chi connectivity index (χ2n) is 4.67. The zero-order valence-electron chi connectivity index (χ0n) is 12.0. The molecule has 2 N–H and O–H groups in total. The summed E-state index contributed by atoms with van der Waals surface area (Å²) in [7, 11) is 1.67. The van der Waals surface area contributed by atoms with Gasteiger partial charge >= 0.3 is 0 Å². The van der Waals surface area contributed by atoms with E-state index in [1.165, 1.54) is 0 Å². The predicted octanol–water partition coefficient (Wildman–Crippen LogP) is 2.73. The summed E-state index contributed by atoms with van der Waals surface area (Å²) in [6.45, 7) is 2.69. The zero-order valence-corrected chi connectivity index (χ0v) is 12.0. The maximum absolute atomic E-state index is 5.64. The van der Waals surface area contributed by atoms with Crippen molar-refractivity contribution in [1.29, 1.82) is 0 Å². The molecule has 1 heterocycles. The Labute approximate surface area is 119 Å². The number of hydrogen-bond acceptors (Lipinski definition) is 5. The van der Waals surface area contributed by atoms with Crippen molar-refractivity contribution in [2.24, 2.45) is 5.73 Å². The van der Waals surface area contributed by atoms with Crippen molar-refractivity contribution in [3.63, 3.8) is 0 Å². The molecular formula is C15H21N3O2. The highest BCUT2D eigenvalue weighted by Crippen LogP contribution is 2.25. The molecule has 0 amide bonds. The maximum atomic E-state index is 5.64. The average Bonchev–Trinajstić information content (AvgIpc) is 2.95. The van der Waals surface area contributed by atoms with Crippen LogP contribution < -0.4 is 5.73 Å². The normalized spacial score (nSPS) is 12.6. The van der Waals surface area contributed by atoms with E-state index < -0.39 is 0 Å². The number of hydrogen-bond donors (Lipinski definition) is 1. The standard InChI is InChI=1S/C15H21N3O2/c1-3-6-13(19-2)14-17-15(20-18-14)12-8-5-4-7-11(12)9-10-16/h4-5,7-8,13H,3,6,9-10,16H2,1-2H3. The van der Waals surface area contributed by atoms with Crippen molar-refractivity contribution < 1.29 is 9.26 Å². The number of nitrogens with two attached hydrogens (primary N) is 1. The maximum Gasteiger partial charge on any atom is 0.258 e. The molecule has 0 saturated carbocycles. The summed E-state index contributed by atoms with van der Waals surface area (Å²) >= 11 is 0. The molecule has 108 valence electrons. The van der Waals surface area contributed by atoms with Crippen molar-refractivity contribution in [3.05, 3.63) is 35.7 Å². The average molecular weight is 275 g/mol. The van der Waals surface area contributed by atoms with E-state index >= 15 is 0 Å². The van der Waals surface area contributed by atoms with Gasteiger partial charge in [-0.25, -0.2) is 0 Å². The van der Waals surface area contributed by atoms with E-state index in [0.29, 0.717) is 18.3 Å². The van der Waals surface area contributed by atoms with Crippen LogP contribution in [0.15, 0.2) is 28.8 Å². The van der Waals surface area contributed by atoms with Crippen LogP contribution in [0, 0.1) is 0 Å². The van der Waals surface area contributed by atoms with E-state index in [2.05, 4.69) is 17.1 Å². The second kappa shape index (κ2) is 7.17. The van der Waals surface area contributed by atoms with Crippen molar-refractivity contribution in [2.45, 2.75) is 32.3 Å². The van der Waals surface area contributed by atoms with E-state index in [-0.39, 0.29) is 6.10 Å². The molecule has 0 spiro atoms. The molecule has 2 rings (SSSR count). The molecule has 0 fully saturated rings. The van der Waals surface area contributed by atoms with Gasteiger partial charge in [0.05, 0.1) is 0 Å². The van der Waals surface area contributed by atoms with Crippen molar-refractivity contribution in [1.82, 2.24) is 10.1 Å². The lowest BCUT2D eigenvalue weighted by Gasteiger charge is -2.08. The van der Waals surface area contributed by atoms with E-state index in [0.717, 1.165) is 30.4 Å². The first kappa shape index (κ1) is 14.7. The third kappa shape index (κ3) is 3.23. The summed E-state index contributed by atoms with van der Waals surface area (Å²) in [5.41, 5.74) is 7.70. The molecular weight excluding hydrogens is 254 g/mol. The number of benzene rings is 1. The number of methoxy groups -OCH3 is 1. The highest BCUT2D eigenvalue weighted by Gasteiger charge is 2.18. The Morgan fingerprint density at radius 3 is 2.85 bits per heavy atom. The summed E-state index contributed by atoms with van der Waals surface area (Å²) in [6, 6.07) is 7.95. The summed E-state index contributed by atoms with van der Waals surface area (Å²) in [5.74, 6) is 1.13. The van der Waals surface area contributed by atoms with Gasteiger partial charge in [0.15, 0.2) is 0 Å². The van der Waals surface area contributed by atoms with Crippen LogP contribution in [0.5, 0.6) is 0 Å². The Morgan fingerprint density at radius 1 is 1.35 bits per heavy atom. The van der Waals surface area contributed by atoms with E-state index in [1.54, 1.807) is 7.11 Å². The molecule has 0 aliphatic heterocycles. The van der Waals surface area contributed by atoms with Crippen molar-refractivity contribution in [3.8, 4) is 11.5 Å². The molecule has 0 aliphatic carbocycles. The lowest BCUT2D eigenvalue weighted by atomic mass is 10.0. The van der Waals surface area contributed by atoms with Gasteiger partial charge in [0.25, 0.3) is 5.89 Å². The molecule has 1 unspecified atom stereocenters. The molecule has 0 saturated heterocycles. The quantitative estimate of drug-likeness (QED) is 0.841. The van der Waals surface area contributed by atoms with Crippen molar-refractivity contribution in [2.75, 3.05) is 13.7 Å². The first-order valence-corrected chi connectivity index (χ1v) is 6.94. The van der Waals surface area contributed by atoms with Crippen LogP contribution in [0.3, 0.4) is 0 Å². The van der Waals surface area contributed by atoms with E-state index in [4.69, 9.17) is 15.0 Å². The van der Waals surface area contributed by atoms with Crippen LogP contribution in [0.1, 0.15) is 37.3 Å². The van der Waals surface area contributed by atoms with Gasteiger partial charge < -0.3 is 15.0 Å².